The van der Waals surface area contributed by atoms with E-state index in [-0.39, 0.29) is 0 Å². The van der Waals surface area contributed by atoms with Crippen molar-refractivity contribution in [2.24, 2.45) is 0 Å². The molecule has 232 valence electrons. The Kier molecular flexibility index (Phi) is 12.5. The van der Waals surface area contributed by atoms with Crippen molar-refractivity contribution in [3.8, 4) is 22.3 Å². The monoisotopic (exact) mass is 608 g/mol. The molecule has 7 aromatic rings. The van der Waals surface area contributed by atoms with Gasteiger partial charge in [-0.3, -0.25) is 0 Å². The van der Waals surface area contributed by atoms with Crippen molar-refractivity contribution in [2.45, 2.75) is 33.1 Å². The lowest BCUT2D eigenvalue weighted by Crippen LogP contribution is -1.85. The lowest BCUT2D eigenvalue weighted by atomic mass is 9.99. The topological polar surface area (TPSA) is 0 Å². The van der Waals surface area contributed by atoms with E-state index in [0.717, 1.165) is 19.3 Å². The first-order chi connectivity index (χ1) is 23.2. The fraction of sp³-hybridized carbons (Fsp3) is 0.106. The molecule has 0 bridgehead atoms. The molecule has 7 aromatic carbocycles. The van der Waals surface area contributed by atoms with Gasteiger partial charge in [-0.25, -0.2) is 0 Å². The molecule has 0 N–H and O–H groups in total. The van der Waals surface area contributed by atoms with Gasteiger partial charge in [0.25, 0.3) is 0 Å². The van der Waals surface area contributed by atoms with Crippen LogP contribution in [-0.4, -0.2) is 0 Å². The molecule has 7 rings (SSSR count). The summed E-state index contributed by atoms with van der Waals surface area (Å²) in [6.07, 6.45) is 3.15. The summed E-state index contributed by atoms with van der Waals surface area (Å²) in [6.45, 7) is 4.30. The normalized spacial score (nSPS) is 10.2. The van der Waals surface area contributed by atoms with Crippen molar-refractivity contribution >= 4 is 0 Å². The highest BCUT2D eigenvalue weighted by Crippen LogP contribution is 2.25. The van der Waals surface area contributed by atoms with E-state index in [1.165, 1.54) is 55.6 Å². The number of aryl methyl sites for hydroxylation is 2. The van der Waals surface area contributed by atoms with Gasteiger partial charge in [0.15, 0.2) is 0 Å². The molecule has 0 radical (unpaired) electrons. The molecule has 0 aliphatic carbocycles. The summed E-state index contributed by atoms with van der Waals surface area (Å²) in [7, 11) is 0. The zero-order chi connectivity index (χ0) is 32.5. The van der Waals surface area contributed by atoms with Crippen LogP contribution in [-0.2, 0) is 19.3 Å². The van der Waals surface area contributed by atoms with E-state index in [1.54, 1.807) is 0 Å². The van der Waals surface area contributed by atoms with Crippen molar-refractivity contribution < 1.29 is 0 Å². The highest BCUT2D eigenvalue weighted by Gasteiger charge is 2.01. The van der Waals surface area contributed by atoms with Crippen LogP contribution in [0.3, 0.4) is 0 Å². The van der Waals surface area contributed by atoms with Crippen LogP contribution in [0.1, 0.15) is 40.3 Å². The molecule has 0 aromatic heterocycles. The van der Waals surface area contributed by atoms with Crippen LogP contribution in [0, 0.1) is 6.92 Å². The maximum Gasteiger partial charge on any atom is -0.00258 e. The number of rotatable bonds is 7. The van der Waals surface area contributed by atoms with Gasteiger partial charge < -0.3 is 0 Å². The van der Waals surface area contributed by atoms with Crippen LogP contribution in [0.4, 0.5) is 0 Å². The summed E-state index contributed by atoms with van der Waals surface area (Å²) >= 11 is 0. The highest BCUT2D eigenvalue weighted by molar-refractivity contribution is 5.70. The van der Waals surface area contributed by atoms with E-state index >= 15 is 0 Å². The Hall–Kier alpha value is -5.46. The second-order valence-electron chi connectivity index (χ2n) is 11.8. The summed E-state index contributed by atoms with van der Waals surface area (Å²) < 4.78 is 0. The summed E-state index contributed by atoms with van der Waals surface area (Å²) in [4.78, 5) is 0. The van der Waals surface area contributed by atoms with Gasteiger partial charge in [0.2, 0.25) is 0 Å². The third-order valence-corrected chi connectivity index (χ3v) is 8.15. The van der Waals surface area contributed by atoms with Gasteiger partial charge in [0.1, 0.15) is 0 Å². The van der Waals surface area contributed by atoms with Crippen molar-refractivity contribution in [3.63, 3.8) is 0 Å². The fourth-order valence-corrected chi connectivity index (χ4v) is 5.39. The van der Waals surface area contributed by atoms with E-state index in [4.69, 9.17) is 0 Å². The minimum absolute atomic E-state index is 1.03. The standard InChI is InChI=1S/C21H20.2C13H12/c1-3-17-6-10-19(11-7-17)21-14-12-20(13-15-21)18-8-4-16(2)5-9-18;2*1-3-7-12(8-4-1)11-13-9-5-2-6-10-13/h4-15H,3H2,1-2H3;2*1-10H,11H2. The molecule has 0 saturated carbocycles. The second-order valence-corrected chi connectivity index (χ2v) is 11.8. The van der Waals surface area contributed by atoms with Crippen molar-refractivity contribution in [1.82, 2.24) is 0 Å². The Bertz CT molecular complexity index is 1690. The molecule has 0 heterocycles. The largest absolute Gasteiger partial charge is 0.0622 e. The lowest BCUT2D eigenvalue weighted by Gasteiger charge is -2.06. The van der Waals surface area contributed by atoms with Crippen molar-refractivity contribution in [2.75, 3.05) is 0 Å². The molecule has 0 spiro atoms. The van der Waals surface area contributed by atoms with Gasteiger partial charge in [-0.05, 0) is 76.3 Å². The number of hydrogen-bond donors (Lipinski definition) is 0. The predicted octanol–water partition coefficient (Wildman–Crippen LogP) is 12.4. The molecule has 0 unspecified atom stereocenters. The Balaban J connectivity index is 0.000000145. The van der Waals surface area contributed by atoms with Crippen LogP contribution in [0.5, 0.6) is 0 Å². The van der Waals surface area contributed by atoms with Gasteiger partial charge in [-0.2, -0.15) is 0 Å². The third kappa shape index (κ3) is 10.8. The molecule has 47 heavy (non-hydrogen) atoms. The van der Waals surface area contributed by atoms with Crippen molar-refractivity contribution in [3.05, 3.63) is 228 Å². The molecule has 0 amide bonds. The number of hydrogen-bond acceptors (Lipinski definition) is 0. The van der Waals surface area contributed by atoms with Gasteiger partial charge in [0, 0.05) is 0 Å². The SMILES string of the molecule is CCc1ccc(-c2ccc(-c3ccc(C)cc3)cc2)cc1.c1ccc(Cc2ccccc2)cc1.c1ccc(Cc2ccccc2)cc1. The van der Waals surface area contributed by atoms with E-state index in [9.17, 15) is 0 Å². The fourth-order valence-electron chi connectivity index (χ4n) is 5.39. The summed E-state index contributed by atoms with van der Waals surface area (Å²) in [5.41, 5.74) is 13.2. The van der Waals surface area contributed by atoms with E-state index in [1.807, 2.05) is 0 Å². The molecular weight excluding hydrogens is 565 g/mol. The molecule has 0 nitrogen and oxygen atoms in total. The van der Waals surface area contributed by atoms with Crippen molar-refractivity contribution in [1.29, 1.82) is 0 Å². The van der Waals surface area contributed by atoms with Gasteiger partial charge >= 0.3 is 0 Å². The minimum Gasteiger partial charge on any atom is -0.0622 e. The average molecular weight is 609 g/mol. The summed E-state index contributed by atoms with van der Waals surface area (Å²) in [6, 6.07) is 68.5. The van der Waals surface area contributed by atoms with Crippen LogP contribution in [0.15, 0.2) is 194 Å². The minimum atomic E-state index is 1.03. The molecular formula is C47H44. The summed E-state index contributed by atoms with van der Waals surface area (Å²) in [5.74, 6) is 0. The van der Waals surface area contributed by atoms with Crippen LogP contribution >= 0.6 is 0 Å². The molecule has 0 heteroatoms. The lowest BCUT2D eigenvalue weighted by molar-refractivity contribution is 1.14. The third-order valence-electron chi connectivity index (χ3n) is 8.15. The van der Waals surface area contributed by atoms with Crippen LogP contribution in [0.25, 0.3) is 22.3 Å². The van der Waals surface area contributed by atoms with Gasteiger partial charge in [-0.15, -0.1) is 0 Å². The maximum absolute atomic E-state index is 2.21. The van der Waals surface area contributed by atoms with Crippen LogP contribution in [0.2, 0.25) is 0 Å². The molecule has 0 atom stereocenters. The second kappa shape index (κ2) is 17.9. The van der Waals surface area contributed by atoms with Gasteiger partial charge in [-0.1, -0.05) is 207 Å². The first-order valence-electron chi connectivity index (χ1n) is 16.6. The quantitative estimate of drug-likeness (QED) is 0.169. The Morgan fingerprint density at radius 2 is 0.532 bits per heavy atom. The Morgan fingerprint density at radius 1 is 0.277 bits per heavy atom. The zero-order valence-electron chi connectivity index (χ0n) is 27.6. The summed E-state index contributed by atoms with van der Waals surface area (Å²) in [5, 5.41) is 0. The van der Waals surface area contributed by atoms with E-state index < -0.39 is 0 Å². The van der Waals surface area contributed by atoms with E-state index in [2.05, 4.69) is 208 Å². The molecule has 0 aliphatic rings. The van der Waals surface area contributed by atoms with Gasteiger partial charge in [0.05, 0.1) is 0 Å². The smallest absolute Gasteiger partial charge is 0.00258 e. The maximum atomic E-state index is 2.21. The number of benzene rings is 7. The average Bonchev–Trinajstić information content (AvgIpc) is 3.14. The first kappa shape index (κ1) is 32.9. The molecule has 0 aliphatic heterocycles. The molecule has 0 fully saturated rings. The molecule has 0 saturated heterocycles. The Morgan fingerprint density at radius 3 is 0.809 bits per heavy atom. The zero-order valence-corrected chi connectivity index (χ0v) is 27.6. The first-order valence-corrected chi connectivity index (χ1v) is 16.6. The predicted molar refractivity (Wildman–Crippen MR) is 203 cm³/mol. The van der Waals surface area contributed by atoms with E-state index in [0.29, 0.717) is 0 Å². The highest BCUT2D eigenvalue weighted by atomic mass is 14.1. The Labute approximate surface area is 282 Å². The van der Waals surface area contributed by atoms with Crippen LogP contribution < -0.4 is 0 Å².